The first-order chi connectivity index (χ1) is 9.08. The summed E-state index contributed by atoms with van der Waals surface area (Å²) in [6.07, 6.45) is 6.96. The average molecular weight is 258 g/mol. The van der Waals surface area contributed by atoms with E-state index < -0.39 is 0 Å². The monoisotopic (exact) mass is 258 g/mol. The second-order valence-electron chi connectivity index (χ2n) is 6.38. The molecule has 0 aromatic carbocycles. The minimum absolute atomic E-state index is 0.224. The molecule has 2 aliphatic rings. The Kier molecular flexibility index (Phi) is 3.22. The lowest BCUT2D eigenvalue weighted by atomic mass is 9.65. The van der Waals surface area contributed by atoms with Crippen LogP contribution in [0, 0.1) is 23.7 Å². The summed E-state index contributed by atoms with van der Waals surface area (Å²) in [6, 6.07) is 4.31. The van der Waals surface area contributed by atoms with Gasteiger partial charge in [-0.15, -0.1) is 0 Å². The van der Waals surface area contributed by atoms with E-state index >= 15 is 0 Å². The molecule has 2 nitrogen and oxygen atoms in total. The van der Waals surface area contributed by atoms with Crippen LogP contribution >= 0.6 is 0 Å². The zero-order valence-electron chi connectivity index (χ0n) is 12.3. The SMILES string of the molecule is CC1=C[C@@H](C)[C@H]2CO[C@@H](c3ccc[n+](C)c3)[C@@H]1[C@H]2C. The van der Waals surface area contributed by atoms with Gasteiger partial charge in [-0.1, -0.05) is 25.5 Å². The van der Waals surface area contributed by atoms with Crippen molar-refractivity contribution < 1.29 is 9.30 Å². The highest BCUT2D eigenvalue weighted by Crippen LogP contribution is 2.49. The molecule has 2 heterocycles. The molecule has 19 heavy (non-hydrogen) atoms. The lowest BCUT2D eigenvalue weighted by Crippen LogP contribution is -2.43. The molecule has 5 atom stereocenters. The molecule has 1 saturated heterocycles. The summed E-state index contributed by atoms with van der Waals surface area (Å²) in [5.74, 6) is 2.59. The molecule has 3 rings (SSSR count). The van der Waals surface area contributed by atoms with Gasteiger partial charge in [-0.25, -0.2) is 4.57 Å². The van der Waals surface area contributed by atoms with Gasteiger partial charge in [0.05, 0.1) is 12.7 Å². The number of hydrogen-bond donors (Lipinski definition) is 0. The quantitative estimate of drug-likeness (QED) is 0.557. The van der Waals surface area contributed by atoms with Crippen molar-refractivity contribution in [3.05, 3.63) is 41.7 Å². The molecule has 0 amide bonds. The van der Waals surface area contributed by atoms with Crippen LogP contribution in [0.15, 0.2) is 36.2 Å². The van der Waals surface area contributed by atoms with Crippen molar-refractivity contribution in [2.45, 2.75) is 26.9 Å². The van der Waals surface area contributed by atoms with E-state index in [0.717, 1.165) is 6.61 Å². The standard InChI is InChI=1S/C17H24NO/c1-11-8-12(2)16-13(3)15(11)10-19-17(16)14-6-5-7-18(4)9-14/h5-9,11,13,15-17H,10H2,1-4H3/q+1/t11-,13+,15-,16+,17+/m1/s1. The number of aromatic nitrogens is 1. The summed E-state index contributed by atoms with van der Waals surface area (Å²) >= 11 is 0. The topological polar surface area (TPSA) is 13.1 Å². The summed E-state index contributed by atoms with van der Waals surface area (Å²) in [7, 11) is 2.07. The Morgan fingerprint density at radius 2 is 2.11 bits per heavy atom. The van der Waals surface area contributed by atoms with Crippen molar-refractivity contribution in [2.75, 3.05) is 6.61 Å². The Bertz CT molecular complexity index is 508. The molecule has 2 bridgehead atoms. The van der Waals surface area contributed by atoms with Gasteiger partial charge in [-0.05, 0) is 30.7 Å². The van der Waals surface area contributed by atoms with E-state index in [4.69, 9.17) is 4.74 Å². The molecule has 2 heteroatoms. The molecule has 0 unspecified atom stereocenters. The maximum absolute atomic E-state index is 6.24. The molecule has 1 aromatic rings. The molecular formula is C17H24NO+. The molecular weight excluding hydrogens is 234 g/mol. The molecule has 0 N–H and O–H groups in total. The number of ether oxygens (including phenoxy) is 1. The number of fused-ring (bicyclic) bond motifs is 2. The summed E-state index contributed by atoms with van der Waals surface area (Å²) < 4.78 is 8.35. The second-order valence-corrected chi connectivity index (χ2v) is 6.38. The van der Waals surface area contributed by atoms with Crippen molar-refractivity contribution in [2.24, 2.45) is 30.7 Å². The predicted octanol–water partition coefficient (Wildman–Crippen LogP) is 3.05. The van der Waals surface area contributed by atoms with Crippen LogP contribution in [0.4, 0.5) is 0 Å². The number of nitrogens with zero attached hydrogens (tertiary/aromatic N) is 1. The molecule has 1 aromatic heterocycles. The highest BCUT2D eigenvalue weighted by Gasteiger charge is 2.44. The predicted molar refractivity (Wildman–Crippen MR) is 75.4 cm³/mol. The third kappa shape index (κ3) is 2.12. The lowest BCUT2D eigenvalue weighted by molar-refractivity contribution is -0.672. The van der Waals surface area contributed by atoms with Crippen LogP contribution in [0.1, 0.15) is 32.4 Å². The third-order valence-electron chi connectivity index (χ3n) is 5.05. The molecule has 102 valence electrons. The van der Waals surface area contributed by atoms with E-state index in [-0.39, 0.29) is 6.10 Å². The van der Waals surface area contributed by atoms with Crippen LogP contribution in [-0.2, 0) is 11.8 Å². The maximum Gasteiger partial charge on any atom is 0.174 e. The van der Waals surface area contributed by atoms with E-state index in [0.29, 0.717) is 23.7 Å². The van der Waals surface area contributed by atoms with Gasteiger partial charge < -0.3 is 4.74 Å². The highest BCUT2D eigenvalue weighted by molar-refractivity contribution is 5.22. The smallest absolute Gasteiger partial charge is 0.174 e. The Labute approximate surface area is 116 Å². The first-order valence-corrected chi connectivity index (χ1v) is 7.33. The van der Waals surface area contributed by atoms with Crippen LogP contribution in [0.5, 0.6) is 0 Å². The minimum atomic E-state index is 0.224. The van der Waals surface area contributed by atoms with Gasteiger partial charge >= 0.3 is 0 Å². The van der Waals surface area contributed by atoms with Gasteiger partial charge in [-0.2, -0.15) is 0 Å². The third-order valence-corrected chi connectivity index (χ3v) is 5.05. The number of pyridine rings is 1. The van der Waals surface area contributed by atoms with Crippen molar-refractivity contribution in [1.82, 2.24) is 0 Å². The van der Waals surface area contributed by atoms with Gasteiger partial charge in [0.2, 0.25) is 0 Å². The van der Waals surface area contributed by atoms with E-state index in [1.165, 1.54) is 11.1 Å². The number of allylic oxidation sites excluding steroid dienone is 1. The molecule has 1 aliphatic carbocycles. The normalized spacial score (nSPS) is 37.9. The Balaban J connectivity index is 1.98. The van der Waals surface area contributed by atoms with Crippen molar-refractivity contribution in [3.8, 4) is 0 Å². The van der Waals surface area contributed by atoms with Gasteiger partial charge in [-0.3, -0.25) is 0 Å². The Morgan fingerprint density at radius 3 is 2.84 bits per heavy atom. The zero-order valence-corrected chi connectivity index (χ0v) is 12.3. The van der Waals surface area contributed by atoms with E-state index in [1.54, 1.807) is 0 Å². The molecule has 0 radical (unpaired) electrons. The van der Waals surface area contributed by atoms with Crippen LogP contribution in [0.3, 0.4) is 0 Å². The van der Waals surface area contributed by atoms with Crippen LogP contribution < -0.4 is 4.57 Å². The summed E-state index contributed by atoms with van der Waals surface area (Å²) in [6.45, 7) is 7.90. The van der Waals surface area contributed by atoms with E-state index in [2.05, 4.69) is 63.0 Å². The molecule has 0 saturated carbocycles. The van der Waals surface area contributed by atoms with Gasteiger partial charge in [0.15, 0.2) is 12.4 Å². The maximum atomic E-state index is 6.24. The molecule has 0 spiro atoms. The van der Waals surface area contributed by atoms with Crippen LogP contribution in [-0.4, -0.2) is 6.61 Å². The Hall–Kier alpha value is -1.15. The lowest BCUT2D eigenvalue weighted by Gasteiger charge is -2.47. The first kappa shape index (κ1) is 12.9. The number of rotatable bonds is 1. The highest BCUT2D eigenvalue weighted by atomic mass is 16.5. The van der Waals surface area contributed by atoms with Gasteiger partial charge in [0, 0.05) is 17.5 Å². The zero-order chi connectivity index (χ0) is 13.6. The summed E-state index contributed by atoms with van der Waals surface area (Å²) in [4.78, 5) is 0. The van der Waals surface area contributed by atoms with Gasteiger partial charge in [0.25, 0.3) is 0 Å². The molecule has 1 aliphatic heterocycles. The fourth-order valence-electron chi connectivity index (χ4n) is 4.03. The number of hydrogen-bond acceptors (Lipinski definition) is 1. The average Bonchev–Trinajstić information content (AvgIpc) is 2.35. The van der Waals surface area contributed by atoms with Crippen LogP contribution in [0.25, 0.3) is 0 Å². The fraction of sp³-hybridized carbons (Fsp3) is 0.588. The summed E-state index contributed by atoms with van der Waals surface area (Å²) in [5.41, 5.74) is 2.81. The Morgan fingerprint density at radius 1 is 1.32 bits per heavy atom. The largest absolute Gasteiger partial charge is 0.372 e. The minimum Gasteiger partial charge on any atom is -0.372 e. The molecule has 1 fully saturated rings. The fourth-order valence-corrected chi connectivity index (χ4v) is 4.03. The second kappa shape index (κ2) is 4.75. The number of aryl methyl sites for hydroxylation is 1. The van der Waals surface area contributed by atoms with Crippen molar-refractivity contribution in [3.63, 3.8) is 0 Å². The van der Waals surface area contributed by atoms with Crippen LogP contribution in [0.2, 0.25) is 0 Å². The first-order valence-electron chi connectivity index (χ1n) is 7.33. The van der Waals surface area contributed by atoms with Gasteiger partial charge in [0.1, 0.15) is 7.05 Å². The van der Waals surface area contributed by atoms with Crippen molar-refractivity contribution >= 4 is 0 Å². The van der Waals surface area contributed by atoms with E-state index in [1.807, 2.05) is 0 Å². The summed E-state index contributed by atoms with van der Waals surface area (Å²) in [5, 5.41) is 0. The van der Waals surface area contributed by atoms with E-state index in [9.17, 15) is 0 Å². The van der Waals surface area contributed by atoms with Crippen molar-refractivity contribution in [1.29, 1.82) is 0 Å².